The molecule has 2 aromatic heterocycles. The van der Waals surface area contributed by atoms with Crippen molar-refractivity contribution in [3.8, 4) is 5.75 Å². The first-order chi connectivity index (χ1) is 16.3. The van der Waals surface area contributed by atoms with E-state index in [2.05, 4.69) is 0 Å². The van der Waals surface area contributed by atoms with Crippen LogP contribution in [0.4, 0.5) is 5.69 Å². The Morgan fingerprint density at radius 2 is 1.85 bits per heavy atom. The Balaban J connectivity index is 1.66. The zero-order chi connectivity index (χ0) is 24.1. The number of carbonyl (C=O) groups excluding carboxylic acids is 2. The molecule has 4 aromatic rings. The maximum atomic E-state index is 13.7. The highest BCUT2D eigenvalue weighted by molar-refractivity contribution is 6.31. The standard InChI is InChI=1S/C26H20ClNO6/c1-13-7-14(2)9-17(8-13)28-22(18-5-4-6-33-18)21(24(30)26(28)31)23(29)19-11-15-10-16(27)12-20(32-3)25(15)34-19/h4-12,22,30H,1-3H3. The van der Waals surface area contributed by atoms with Crippen molar-refractivity contribution in [1.29, 1.82) is 0 Å². The second-order valence-electron chi connectivity index (χ2n) is 8.17. The summed E-state index contributed by atoms with van der Waals surface area (Å²) in [6.45, 7) is 3.82. The summed E-state index contributed by atoms with van der Waals surface area (Å²) in [6, 6.07) is 12.7. The van der Waals surface area contributed by atoms with E-state index in [4.69, 9.17) is 25.2 Å². The molecule has 34 heavy (non-hydrogen) atoms. The van der Waals surface area contributed by atoms with Crippen LogP contribution in [0.15, 0.2) is 75.0 Å². The molecule has 1 atom stereocenters. The molecule has 0 saturated carbocycles. The lowest BCUT2D eigenvalue weighted by molar-refractivity contribution is -0.117. The fraction of sp³-hybridized carbons (Fsp3) is 0.154. The van der Waals surface area contributed by atoms with Crippen LogP contribution >= 0.6 is 11.6 Å². The molecule has 0 radical (unpaired) electrons. The number of halogens is 1. The molecule has 0 fully saturated rings. The van der Waals surface area contributed by atoms with E-state index in [1.54, 1.807) is 24.3 Å². The molecule has 0 saturated heterocycles. The second-order valence-corrected chi connectivity index (χ2v) is 8.60. The number of anilines is 1. The predicted octanol–water partition coefficient (Wildman–Crippen LogP) is 6.09. The first-order valence-corrected chi connectivity index (χ1v) is 10.9. The summed E-state index contributed by atoms with van der Waals surface area (Å²) in [6.07, 6.45) is 1.45. The number of rotatable bonds is 5. The van der Waals surface area contributed by atoms with Gasteiger partial charge in [-0.25, -0.2) is 0 Å². The highest BCUT2D eigenvalue weighted by Crippen LogP contribution is 2.43. The molecule has 1 unspecified atom stereocenters. The Kier molecular flexibility index (Phi) is 5.21. The van der Waals surface area contributed by atoms with E-state index in [0.717, 1.165) is 11.1 Å². The van der Waals surface area contributed by atoms with E-state index in [9.17, 15) is 14.7 Å². The summed E-state index contributed by atoms with van der Waals surface area (Å²) < 4.78 is 16.7. The smallest absolute Gasteiger partial charge is 0.294 e. The molecule has 1 aliphatic heterocycles. The van der Waals surface area contributed by atoms with Gasteiger partial charge in [-0.05, 0) is 61.4 Å². The maximum Gasteiger partial charge on any atom is 0.294 e. The number of aliphatic hydroxyl groups is 1. The van der Waals surface area contributed by atoms with Crippen LogP contribution in [0.25, 0.3) is 11.0 Å². The molecule has 1 amide bonds. The third-order valence-corrected chi connectivity index (χ3v) is 5.96. The van der Waals surface area contributed by atoms with Gasteiger partial charge < -0.3 is 18.7 Å². The van der Waals surface area contributed by atoms with Gasteiger partial charge in [-0.2, -0.15) is 0 Å². The van der Waals surface area contributed by atoms with Gasteiger partial charge in [-0.15, -0.1) is 0 Å². The molecule has 0 aliphatic carbocycles. The minimum absolute atomic E-state index is 0.0660. The monoisotopic (exact) mass is 477 g/mol. The van der Waals surface area contributed by atoms with Crippen molar-refractivity contribution in [2.24, 2.45) is 0 Å². The Hall–Kier alpha value is -3.97. The average molecular weight is 478 g/mol. The zero-order valence-corrected chi connectivity index (χ0v) is 19.3. The van der Waals surface area contributed by atoms with Crippen molar-refractivity contribution in [2.75, 3.05) is 12.0 Å². The van der Waals surface area contributed by atoms with Crippen molar-refractivity contribution >= 4 is 39.9 Å². The van der Waals surface area contributed by atoms with E-state index in [-0.39, 0.29) is 11.3 Å². The number of carbonyl (C=O) groups is 2. The molecule has 172 valence electrons. The number of hydrogen-bond donors (Lipinski definition) is 1. The average Bonchev–Trinajstić information content (AvgIpc) is 3.51. The van der Waals surface area contributed by atoms with Gasteiger partial charge in [0.15, 0.2) is 22.9 Å². The minimum Gasteiger partial charge on any atom is -0.503 e. The van der Waals surface area contributed by atoms with Crippen LogP contribution in [-0.4, -0.2) is 23.9 Å². The first kappa shape index (κ1) is 21.9. The zero-order valence-electron chi connectivity index (χ0n) is 18.6. The molecule has 1 N–H and O–H groups in total. The van der Waals surface area contributed by atoms with Gasteiger partial charge in [0.05, 0.1) is 18.9 Å². The summed E-state index contributed by atoms with van der Waals surface area (Å²) >= 11 is 6.14. The Labute approximate surface area is 199 Å². The lowest BCUT2D eigenvalue weighted by Gasteiger charge is -2.25. The summed E-state index contributed by atoms with van der Waals surface area (Å²) in [5.41, 5.74) is 2.60. The van der Waals surface area contributed by atoms with Gasteiger partial charge in [-0.1, -0.05) is 17.7 Å². The normalized spacial score (nSPS) is 16.1. The number of methoxy groups -OCH3 is 1. The summed E-state index contributed by atoms with van der Waals surface area (Å²) in [5, 5.41) is 11.9. The molecule has 8 heteroatoms. The van der Waals surface area contributed by atoms with Gasteiger partial charge in [0, 0.05) is 22.2 Å². The SMILES string of the molecule is COc1cc(Cl)cc2cc(C(=O)C3=C(O)C(=O)N(c4cc(C)cc(C)c4)C3c3ccco3)oc12. The third-order valence-electron chi connectivity index (χ3n) is 5.74. The Morgan fingerprint density at radius 1 is 1.12 bits per heavy atom. The van der Waals surface area contributed by atoms with Gasteiger partial charge >= 0.3 is 0 Å². The molecule has 7 nitrogen and oxygen atoms in total. The summed E-state index contributed by atoms with van der Waals surface area (Å²) in [5.74, 6) is -1.38. The molecule has 0 bridgehead atoms. The van der Waals surface area contributed by atoms with Crippen LogP contribution in [-0.2, 0) is 4.79 Å². The van der Waals surface area contributed by atoms with Crippen molar-refractivity contribution < 1.29 is 28.3 Å². The number of amides is 1. The fourth-order valence-electron chi connectivity index (χ4n) is 4.39. The van der Waals surface area contributed by atoms with Crippen molar-refractivity contribution in [3.63, 3.8) is 0 Å². The Bertz CT molecular complexity index is 1460. The van der Waals surface area contributed by atoms with Crippen LogP contribution < -0.4 is 9.64 Å². The third kappa shape index (κ3) is 3.45. The van der Waals surface area contributed by atoms with Crippen molar-refractivity contribution in [3.05, 3.63) is 93.8 Å². The van der Waals surface area contributed by atoms with Crippen molar-refractivity contribution in [1.82, 2.24) is 0 Å². The number of furan rings is 2. The van der Waals surface area contributed by atoms with Gasteiger partial charge in [0.25, 0.3) is 5.91 Å². The minimum atomic E-state index is -0.977. The number of benzene rings is 2. The molecule has 0 spiro atoms. The van der Waals surface area contributed by atoms with E-state index in [1.165, 1.54) is 24.3 Å². The number of fused-ring (bicyclic) bond motifs is 1. The molecule has 5 rings (SSSR count). The number of aliphatic hydroxyl groups excluding tert-OH is 1. The molecule has 2 aromatic carbocycles. The van der Waals surface area contributed by atoms with Gasteiger partial charge in [-0.3, -0.25) is 14.5 Å². The first-order valence-electron chi connectivity index (χ1n) is 10.5. The van der Waals surface area contributed by atoms with Gasteiger partial charge in [0.1, 0.15) is 11.8 Å². The van der Waals surface area contributed by atoms with E-state index in [1.807, 2.05) is 32.0 Å². The predicted molar refractivity (Wildman–Crippen MR) is 127 cm³/mol. The number of ketones is 1. The largest absolute Gasteiger partial charge is 0.503 e. The van der Waals surface area contributed by atoms with Crippen LogP contribution in [0.5, 0.6) is 5.75 Å². The second kappa shape index (κ2) is 8.11. The van der Waals surface area contributed by atoms with E-state index < -0.39 is 23.5 Å². The van der Waals surface area contributed by atoms with Crippen LogP contribution in [0.2, 0.25) is 5.02 Å². The number of ether oxygens (including phenoxy) is 1. The number of hydrogen-bond acceptors (Lipinski definition) is 6. The van der Waals surface area contributed by atoms with E-state index >= 15 is 0 Å². The van der Waals surface area contributed by atoms with E-state index in [0.29, 0.717) is 33.2 Å². The summed E-state index contributed by atoms with van der Waals surface area (Å²) in [7, 11) is 1.47. The molecular formula is C26H20ClNO6. The Morgan fingerprint density at radius 3 is 2.50 bits per heavy atom. The molecule has 1 aliphatic rings. The van der Waals surface area contributed by atoms with Crippen LogP contribution in [0, 0.1) is 13.8 Å². The number of aryl methyl sites for hydroxylation is 2. The van der Waals surface area contributed by atoms with Crippen molar-refractivity contribution in [2.45, 2.75) is 19.9 Å². The fourth-order valence-corrected chi connectivity index (χ4v) is 4.61. The number of nitrogens with zero attached hydrogens (tertiary/aromatic N) is 1. The molecule has 3 heterocycles. The quantitative estimate of drug-likeness (QED) is 0.350. The highest BCUT2D eigenvalue weighted by atomic mass is 35.5. The van der Waals surface area contributed by atoms with Crippen LogP contribution in [0.1, 0.15) is 33.5 Å². The topological polar surface area (TPSA) is 93.1 Å². The number of Topliss-reactive ketones (excluding diaryl/α,β-unsaturated/α-hetero) is 1. The molecular weight excluding hydrogens is 458 g/mol. The lowest BCUT2D eigenvalue weighted by atomic mass is 9.99. The highest BCUT2D eigenvalue weighted by Gasteiger charge is 2.47. The van der Waals surface area contributed by atoms with Crippen LogP contribution in [0.3, 0.4) is 0 Å². The summed E-state index contributed by atoms with van der Waals surface area (Å²) in [4.78, 5) is 28.3. The maximum absolute atomic E-state index is 13.7. The van der Waals surface area contributed by atoms with Gasteiger partial charge in [0.2, 0.25) is 5.78 Å². The lowest BCUT2D eigenvalue weighted by Crippen LogP contribution is -2.31.